The topological polar surface area (TPSA) is 145 Å². The average molecular weight is 770 g/mol. The van der Waals surface area contributed by atoms with Crippen LogP contribution in [-0.2, 0) is 28.6 Å². The number of rotatable bonds is 18. The van der Waals surface area contributed by atoms with Crippen LogP contribution in [0, 0.1) is 0 Å². The first-order valence-corrected chi connectivity index (χ1v) is 19.1. The standard InChI is InChI=1S/C43H67N3O9/c1-38(2,3)52-35(47)43(26-20-21-28-44-55-42(12,13)41(10,11)50,45-34(32-22-16-14-17-23-32)33-24-18-15-19-25-33)27-30-51-31-29-46(36(48)53-39(4,5)6)37(49)54-40(7,8)9/h14-19,22-25,44,50H,20-21,26-31H2,1-13H3. The fourth-order valence-corrected chi connectivity index (χ4v) is 4.92. The summed E-state index contributed by atoms with van der Waals surface area (Å²) in [7, 11) is 0. The van der Waals surface area contributed by atoms with Gasteiger partial charge in [-0.3, -0.25) is 9.83 Å². The molecule has 0 aliphatic carbocycles. The molecule has 2 amide bonds. The molecule has 1 atom stereocenters. The summed E-state index contributed by atoms with van der Waals surface area (Å²) >= 11 is 0. The lowest BCUT2D eigenvalue weighted by atomic mass is 9.88. The molecule has 308 valence electrons. The molecular weight excluding hydrogens is 702 g/mol. The number of hydroxylamine groups is 1. The van der Waals surface area contributed by atoms with Gasteiger partial charge in [0.1, 0.15) is 22.4 Å². The molecule has 55 heavy (non-hydrogen) atoms. The molecule has 0 bridgehead atoms. The molecule has 2 aromatic carbocycles. The van der Waals surface area contributed by atoms with Crippen molar-refractivity contribution in [3.63, 3.8) is 0 Å². The Hall–Kier alpha value is -3.84. The number of carbonyl (C=O) groups excluding carboxylic acids is 3. The van der Waals surface area contributed by atoms with E-state index in [1.807, 2.05) is 81.4 Å². The zero-order valence-corrected chi connectivity index (χ0v) is 35.5. The van der Waals surface area contributed by atoms with Gasteiger partial charge >= 0.3 is 18.2 Å². The predicted octanol–water partition coefficient (Wildman–Crippen LogP) is 8.42. The molecule has 0 radical (unpaired) electrons. The molecule has 12 nitrogen and oxygen atoms in total. The third-order valence-electron chi connectivity index (χ3n) is 8.47. The van der Waals surface area contributed by atoms with E-state index in [0.717, 1.165) is 16.0 Å². The fourth-order valence-electron chi connectivity index (χ4n) is 4.92. The van der Waals surface area contributed by atoms with Crippen LogP contribution in [0.4, 0.5) is 9.59 Å². The van der Waals surface area contributed by atoms with Crippen molar-refractivity contribution >= 4 is 23.9 Å². The van der Waals surface area contributed by atoms with Crippen molar-refractivity contribution in [2.45, 2.75) is 149 Å². The fraction of sp³-hybridized carbons (Fsp3) is 0.628. The molecule has 2 rings (SSSR count). The SMILES string of the molecule is CC(C)(C)OC(=O)N(CCOCCC(CCCCNOC(C)(C)C(C)(C)O)(N=C(c1ccccc1)c1ccccc1)C(=O)OC(C)(C)C)C(=O)OC(C)(C)C. The number of benzene rings is 2. The van der Waals surface area contributed by atoms with Crippen molar-refractivity contribution in [3.05, 3.63) is 71.8 Å². The molecule has 12 heteroatoms. The molecule has 0 aliphatic rings. The van der Waals surface area contributed by atoms with E-state index >= 15 is 0 Å². The van der Waals surface area contributed by atoms with Crippen molar-refractivity contribution in [2.24, 2.45) is 4.99 Å². The highest BCUT2D eigenvalue weighted by Gasteiger charge is 2.42. The summed E-state index contributed by atoms with van der Waals surface area (Å²) in [5.41, 5.74) is -0.547. The second-order valence-electron chi connectivity index (χ2n) is 17.7. The van der Waals surface area contributed by atoms with Crippen LogP contribution >= 0.6 is 0 Å². The largest absolute Gasteiger partial charge is 0.458 e. The Labute approximate surface area is 329 Å². The number of ether oxygens (including phenoxy) is 4. The summed E-state index contributed by atoms with van der Waals surface area (Å²) in [5, 5.41) is 10.5. The number of unbranched alkanes of at least 4 members (excludes halogenated alkanes) is 1. The Bertz CT molecular complexity index is 1460. The number of hydrogen-bond donors (Lipinski definition) is 2. The van der Waals surface area contributed by atoms with Crippen LogP contribution in [0.2, 0.25) is 0 Å². The molecule has 1 unspecified atom stereocenters. The van der Waals surface area contributed by atoms with Gasteiger partial charge in [0.2, 0.25) is 0 Å². The van der Waals surface area contributed by atoms with Crippen molar-refractivity contribution in [3.8, 4) is 0 Å². The van der Waals surface area contributed by atoms with E-state index in [0.29, 0.717) is 31.5 Å². The average Bonchev–Trinajstić information content (AvgIpc) is 3.04. The Morgan fingerprint density at radius 2 is 1.13 bits per heavy atom. The number of imide groups is 1. The molecule has 2 N–H and O–H groups in total. The third-order valence-corrected chi connectivity index (χ3v) is 8.47. The van der Waals surface area contributed by atoms with Crippen molar-refractivity contribution in [1.82, 2.24) is 10.4 Å². The molecule has 0 heterocycles. The van der Waals surface area contributed by atoms with Crippen LogP contribution in [0.1, 0.15) is 127 Å². The maximum absolute atomic E-state index is 14.5. The van der Waals surface area contributed by atoms with Crippen LogP contribution in [-0.4, -0.2) is 93.7 Å². The summed E-state index contributed by atoms with van der Waals surface area (Å²) < 4.78 is 23.1. The maximum atomic E-state index is 14.5. The zero-order chi connectivity index (χ0) is 41.7. The van der Waals surface area contributed by atoms with Gasteiger partial charge in [-0.2, -0.15) is 0 Å². The van der Waals surface area contributed by atoms with E-state index in [1.165, 1.54) is 0 Å². The van der Waals surface area contributed by atoms with Crippen molar-refractivity contribution in [2.75, 3.05) is 26.3 Å². The quantitative estimate of drug-likeness (QED) is 0.0498. The lowest BCUT2D eigenvalue weighted by Gasteiger charge is -2.36. The summed E-state index contributed by atoms with van der Waals surface area (Å²) in [6.45, 7) is 23.0. The Morgan fingerprint density at radius 1 is 0.655 bits per heavy atom. The zero-order valence-electron chi connectivity index (χ0n) is 35.5. The second-order valence-corrected chi connectivity index (χ2v) is 17.7. The number of amides is 2. The van der Waals surface area contributed by atoms with E-state index in [-0.39, 0.29) is 26.2 Å². The first kappa shape index (κ1) is 47.3. The van der Waals surface area contributed by atoms with E-state index in [2.05, 4.69) is 5.48 Å². The highest BCUT2D eigenvalue weighted by Crippen LogP contribution is 2.31. The number of hydrogen-bond acceptors (Lipinski definition) is 11. The Balaban J connectivity index is 2.48. The van der Waals surface area contributed by atoms with Gasteiger partial charge in [-0.05, 0) is 109 Å². The molecule has 0 spiro atoms. The monoisotopic (exact) mass is 769 g/mol. The third kappa shape index (κ3) is 16.8. The van der Waals surface area contributed by atoms with Crippen LogP contribution in [0.5, 0.6) is 0 Å². The smallest absolute Gasteiger partial charge is 0.419 e. The van der Waals surface area contributed by atoms with Crippen molar-refractivity contribution < 1.29 is 43.3 Å². The predicted molar refractivity (Wildman–Crippen MR) is 215 cm³/mol. The van der Waals surface area contributed by atoms with Crippen LogP contribution in [0.25, 0.3) is 0 Å². The lowest BCUT2D eigenvalue weighted by molar-refractivity contribution is -0.183. The van der Waals surface area contributed by atoms with Crippen LogP contribution in [0.3, 0.4) is 0 Å². The van der Waals surface area contributed by atoms with E-state index < -0.39 is 51.7 Å². The first-order chi connectivity index (χ1) is 25.3. The van der Waals surface area contributed by atoms with Crippen LogP contribution < -0.4 is 5.48 Å². The van der Waals surface area contributed by atoms with Gasteiger partial charge in [-0.25, -0.2) is 24.8 Å². The van der Waals surface area contributed by atoms with Gasteiger partial charge in [0.15, 0.2) is 5.54 Å². The lowest BCUT2D eigenvalue weighted by Crippen LogP contribution is -2.50. The minimum Gasteiger partial charge on any atom is -0.458 e. The maximum Gasteiger partial charge on any atom is 0.419 e. The minimum atomic E-state index is -1.39. The second kappa shape index (κ2) is 19.8. The van der Waals surface area contributed by atoms with E-state index in [4.69, 9.17) is 28.8 Å². The molecular formula is C43H67N3O9. The number of nitrogens with one attached hydrogen (secondary N) is 1. The van der Waals surface area contributed by atoms with E-state index in [1.54, 1.807) is 69.2 Å². The molecule has 0 aliphatic heterocycles. The highest BCUT2D eigenvalue weighted by atomic mass is 16.7. The van der Waals surface area contributed by atoms with Gasteiger partial charge in [0.05, 0.1) is 24.5 Å². The normalized spacial score (nSPS) is 13.7. The summed E-state index contributed by atoms with van der Waals surface area (Å²) in [6.07, 6.45) is -0.0690. The number of carbonyl (C=O) groups is 3. The number of aliphatic imine (C=N–C) groups is 1. The summed E-state index contributed by atoms with van der Waals surface area (Å²) in [4.78, 5) is 52.6. The van der Waals surface area contributed by atoms with Gasteiger partial charge in [0, 0.05) is 30.7 Å². The first-order valence-electron chi connectivity index (χ1n) is 19.1. The molecule has 0 saturated carbocycles. The Morgan fingerprint density at radius 3 is 1.56 bits per heavy atom. The molecule has 0 aromatic heterocycles. The molecule has 2 aromatic rings. The van der Waals surface area contributed by atoms with Gasteiger partial charge in [-0.15, -0.1) is 0 Å². The minimum absolute atomic E-state index is 0.0466. The summed E-state index contributed by atoms with van der Waals surface area (Å²) in [5.74, 6) is -0.496. The van der Waals surface area contributed by atoms with Gasteiger partial charge in [0.25, 0.3) is 0 Å². The number of nitrogens with zero attached hydrogens (tertiary/aromatic N) is 2. The van der Waals surface area contributed by atoms with Crippen LogP contribution in [0.15, 0.2) is 65.7 Å². The Kier molecular flexibility index (Phi) is 17.1. The van der Waals surface area contributed by atoms with E-state index in [9.17, 15) is 19.5 Å². The van der Waals surface area contributed by atoms with Gasteiger partial charge in [-0.1, -0.05) is 60.7 Å². The molecule has 0 fully saturated rings. The summed E-state index contributed by atoms with van der Waals surface area (Å²) in [6, 6.07) is 19.4. The number of esters is 1. The van der Waals surface area contributed by atoms with Gasteiger partial charge < -0.3 is 24.1 Å². The molecule has 0 saturated heterocycles. The highest BCUT2D eigenvalue weighted by molar-refractivity contribution is 6.13. The number of aliphatic hydroxyl groups is 1. The van der Waals surface area contributed by atoms with Crippen molar-refractivity contribution in [1.29, 1.82) is 0 Å².